The minimum atomic E-state index is -0.399. The van der Waals surface area contributed by atoms with Crippen LogP contribution in [0, 0.1) is 16.0 Å². The first-order valence-corrected chi connectivity index (χ1v) is 9.92. The molecule has 154 valence electrons. The van der Waals surface area contributed by atoms with E-state index in [2.05, 4.69) is 12.2 Å². The number of nitrogens with one attached hydrogen (secondary N) is 1. The summed E-state index contributed by atoms with van der Waals surface area (Å²) >= 11 is 0. The molecule has 1 aliphatic rings. The van der Waals surface area contributed by atoms with Gasteiger partial charge >= 0.3 is 0 Å². The van der Waals surface area contributed by atoms with Gasteiger partial charge in [0.15, 0.2) is 0 Å². The van der Waals surface area contributed by atoms with Crippen molar-refractivity contribution < 1.29 is 9.72 Å². The summed E-state index contributed by atoms with van der Waals surface area (Å²) in [6.07, 6.45) is 2.03. The number of hydrogen-bond donors (Lipinski definition) is 1. The van der Waals surface area contributed by atoms with Crippen molar-refractivity contribution in [3.63, 3.8) is 0 Å². The number of carbonyl (C=O) groups is 1. The molecule has 2 aromatic carbocycles. The van der Waals surface area contributed by atoms with E-state index in [1.54, 1.807) is 12.1 Å². The Kier molecular flexibility index (Phi) is 6.49. The first kappa shape index (κ1) is 20.8. The number of nitro groups is 1. The predicted molar refractivity (Wildman–Crippen MR) is 115 cm³/mol. The zero-order valence-electron chi connectivity index (χ0n) is 17.2. The Hall–Kier alpha value is -2.93. The zero-order valence-corrected chi connectivity index (χ0v) is 17.2. The van der Waals surface area contributed by atoms with E-state index < -0.39 is 4.92 Å². The number of amides is 1. The van der Waals surface area contributed by atoms with Crippen molar-refractivity contribution in [2.75, 3.05) is 37.4 Å². The first-order chi connectivity index (χ1) is 13.8. The molecule has 1 aliphatic heterocycles. The summed E-state index contributed by atoms with van der Waals surface area (Å²) in [7, 11) is 3.92. The molecule has 0 unspecified atom stereocenters. The van der Waals surface area contributed by atoms with Gasteiger partial charge in [0.1, 0.15) is 5.69 Å². The van der Waals surface area contributed by atoms with E-state index in [0.29, 0.717) is 23.8 Å². The fourth-order valence-electron chi connectivity index (χ4n) is 3.64. The van der Waals surface area contributed by atoms with Crippen LogP contribution in [-0.4, -0.2) is 42.9 Å². The van der Waals surface area contributed by atoms with Crippen molar-refractivity contribution in [1.29, 1.82) is 0 Å². The number of carbonyl (C=O) groups excluding carboxylic acids is 1. The van der Waals surface area contributed by atoms with Crippen molar-refractivity contribution in [1.82, 2.24) is 4.90 Å². The van der Waals surface area contributed by atoms with Crippen LogP contribution in [0.3, 0.4) is 0 Å². The van der Waals surface area contributed by atoms with Gasteiger partial charge in [-0.3, -0.25) is 14.9 Å². The lowest BCUT2D eigenvalue weighted by atomic mass is 9.98. The van der Waals surface area contributed by atoms with Crippen LogP contribution in [-0.2, 0) is 6.54 Å². The lowest BCUT2D eigenvalue weighted by Gasteiger charge is -2.31. The molecule has 1 amide bonds. The Morgan fingerprint density at radius 2 is 1.90 bits per heavy atom. The molecule has 1 fully saturated rings. The largest absolute Gasteiger partial charge is 0.366 e. The first-order valence-electron chi connectivity index (χ1n) is 9.92. The Morgan fingerprint density at radius 3 is 2.55 bits per heavy atom. The zero-order chi connectivity index (χ0) is 21.0. The van der Waals surface area contributed by atoms with Crippen LogP contribution in [0.1, 0.15) is 35.7 Å². The predicted octanol–water partition coefficient (Wildman–Crippen LogP) is 4.15. The normalized spacial score (nSPS) is 14.8. The number of hydrogen-bond acceptors (Lipinski definition) is 5. The molecule has 0 atom stereocenters. The summed E-state index contributed by atoms with van der Waals surface area (Å²) in [6, 6.07) is 12.3. The molecule has 7 nitrogen and oxygen atoms in total. The summed E-state index contributed by atoms with van der Waals surface area (Å²) in [6.45, 7) is 4.48. The quantitative estimate of drug-likeness (QED) is 0.586. The number of benzene rings is 2. The Bertz CT molecular complexity index is 889. The van der Waals surface area contributed by atoms with E-state index in [1.807, 2.05) is 48.2 Å². The molecule has 29 heavy (non-hydrogen) atoms. The van der Waals surface area contributed by atoms with Crippen LogP contribution in [0.15, 0.2) is 42.5 Å². The molecule has 0 bridgehead atoms. The van der Waals surface area contributed by atoms with Crippen LogP contribution in [0.5, 0.6) is 0 Å². The van der Waals surface area contributed by atoms with E-state index >= 15 is 0 Å². The lowest BCUT2D eigenvalue weighted by molar-refractivity contribution is -0.384. The standard InChI is InChI=1S/C22H28N4O3/c1-16-10-12-25(13-11-16)20-9-8-17(14-21(20)26(28)29)22(27)23-19-7-5-4-6-18(19)15-24(2)3/h4-9,14,16H,10-13,15H2,1-3H3,(H,23,27). The second-order valence-electron chi connectivity index (χ2n) is 7.98. The van der Waals surface area contributed by atoms with Gasteiger partial charge in [-0.2, -0.15) is 0 Å². The molecule has 0 saturated carbocycles. The molecule has 3 rings (SSSR count). The maximum atomic E-state index is 12.8. The van der Waals surface area contributed by atoms with Gasteiger partial charge < -0.3 is 15.1 Å². The van der Waals surface area contributed by atoms with E-state index in [-0.39, 0.29) is 17.2 Å². The summed E-state index contributed by atoms with van der Waals surface area (Å²) in [4.78, 5) is 28.1. The molecule has 0 spiro atoms. The van der Waals surface area contributed by atoms with Gasteiger partial charge in [0.2, 0.25) is 0 Å². The van der Waals surface area contributed by atoms with Gasteiger partial charge in [-0.05, 0) is 56.6 Å². The number of nitrogens with zero attached hydrogens (tertiary/aromatic N) is 3. The maximum Gasteiger partial charge on any atom is 0.293 e. The number of rotatable bonds is 6. The number of para-hydroxylation sites is 1. The highest BCUT2D eigenvalue weighted by Gasteiger charge is 2.25. The van der Waals surface area contributed by atoms with Crippen molar-refractivity contribution in [2.45, 2.75) is 26.3 Å². The van der Waals surface area contributed by atoms with Crippen LogP contribution in [0.4, 0.5) is 17.1 Å². The molecule has 1 N–H and O–H groups in total. The monoisotopic (exact) mass is 396 g/mol. The number of piperidine rings is 1. The third kappa shape index (κ3) is 5.12. The van der Waals surface area contributed by atoms with E-state index in [0.717, 1.165) is 31.5 Å². The van der Waals surface area contributed by atoms with Crippen LogP contribution < -0.4 is 10.2 Å². The molecule has 0 radical (unpaired) electrons. The van der Waals surface area contributed by atoms with Gasteiger partial charge in [-0.25, -0.2) is 0 Å². The van der Waals surface area contributed by atoms with Crippen LogP contribution in [0.2, 0.25) is 0 Å². The lowest BCUT2D eigenvalue weighted by Crippen LogP contribution is -2.33. The van der Waals surface area contributed by atoms with Gasteiger partial charge in [0.25, 0.3) is 11.6 Å². The Morgan fingerprint density at radius 1 is 1.21 bits per heavy atom. The Balaban J connectivity index is 1.83. The summed E-state index contributed by atoms with van der Waals surface area (Å²) < 4.78 is 0. The van der Waals surface area contributed by atoms with Gasteiger partial charge in [-0.1, -0.05) is 25.1 Å². The minimum Gasteiger partial charge on any atom is -0.366 e. The summed E-state index contributed by atoms with van der Waals surface area (Å²) in [5.41, 5.74) is 2.55. The summed E-state index contributed by atoms with van der Waals surface area (Å²) in [5, 5.41) is 14.6. The van der Waals surface area contributed by atoms with E-state index in [1.165, 1.54) is 6.07 Å². The van der Waals surface area contributed by atoms with Crippen LogP contribution >= 0.6 is 0 Å². The van der Waals surface area contributed by atoms with Crippen molar-refractivity contribution in [3.05, 3.63) is 63.7 Å². The second-order valence-corrected chi connectivity index (χ2v) is 7.98. The molecule has 1 saturated heterocycles. The van der Waals surface area contributed by atoms with Crippen molar-refractivity contribution in [3.8, 4) is 0 Å². The smallest absolute Gasteiger partial charge is 0.293 e. The van der Waals surface area contributed by atoms with Crippen molar-refractivity contribution in [2.24, 2.45) is 5.92 Å². The SMILES string of the molecule is CC1CCN(c2ccc(C(=O)Nc3ccccc3CN(C)C)cc2[N+](=O)[O-])CC1. The third-order valence-electron chi connectivity index (χ3n) is 5.31. The Labute approximate surface area is 171 Å². The topological polar surface area (TPSA) is 78.7 Å². The van der Waals surface area contributed by atoms with Crippen LogP contribution in [0.25, 0.3) is 0 Å². The minimum absolute atomic E-state index is 0.0196. The molecule has 0 aliphatic carbocycles. The number of nitro benzene ring substituents is 1. The van der Waals surface area contributed by atoms with Crippen molar-refractivity contribution >= 4 is 23.0 Å². The molecule has 7 heteroatoms. The van der Waals surface area contributed by atoms with Gasteiger partial charge in [0.05, 0.1) is 4.92 Å². The fourth-order valence-corrected chi connectivity index (χ4v) is 3.64. The highest BCUT2D eigenvalue weighted by molar-refractivity contribution is 6.05. The molecule has 1 heterocycles. The van der Waals surface area contributed by atoms with Gasteiger partial charge in [-0.15, -0.1) is 0 Å². The molecule has 2 aromatic rings. The van der Waals surface area contributed by atoms with Gasteiger partial charge in [0, 0.05) is 37.0 Å². The highest BCUT2D eigenvalue weighted by Crippen LogP contribution is 2.32. The van der Waals surface area contributed by atoms with E-state index in [4.69, 9.17) is 0 Å². The summed E-state index contributed by atoms with van der Waals surface area (Å²) in [5.74, 6) is 0.288. The molecular formula is C22H28N4O3. The van der Waals surface area contributed by atoms with E-state index in [9.17, 15) is 14.9 Å². The number of anilines is 2. The average Bonchev–Trinajstić information content (AvgIpc) is 2.69. The fraction of sp³-hybridized carbons (Fsp3) is 0.409. The molecular weight excluding hydrogens is 368 g/mol. The third-order valence-corrected chi connectivity index (χ3v) is 5.31. The average molecular weight is 396 g/mol. The maximum absolute atomic E-state index is 12.8. The second kappa shape index (κ2) is 9.05. The molecule has 0 aromatic heterocycles. The highest BCUT2D eigenvalue weighted by atomic mass is 16.6.